The van der Waals surface area contributed by atoms with Crippen molar-refractivity contribution < 1.29 is 8.78 Å². The smallest absolute Gasteiger partial charge is 0.123 e. The first-order valence-electron chi connectivity index (χ1n) is 24.4. The van der Waals surface area contributed by atoms with Gasteiger partial charge in [0.2, 0.25) is 0 Å². The number of anilines is 6. The average molecular weight is 977 g/mol. The van der Waals surface area contributed by atoms with Gasteiger partial charge < -0.3 is 9.80 Å². The fourth-order valence-corrected chi connectivity index (χ4v) is 10.3. The van der Waals surface area contributed by atoms with Gasteiger partial charge in [-0.15, -0.1) is 0 Å². The zero-order valence-electron chi connectivity index (χ0n) is 40.4. The molecule has 0 bridgehead atoms. The Bertz CT molecular complexity index is 3930. The molecule has 354 valence electrons. The SMILES string of the molecule is N#Cc1ccc(-c2cc(-c3ccc(C#N)cc3)cc(N(c3ccc(F)cc3)c3ccc4ccc5c(N(c6ccc(F)cc6)c6cc(-c7ccc(C#N)cc7)cc(-c7ccc(C#N)cc7)c6)ccc6ccc3c4c65)c2)cc1. The summed E-state index contributed by atoms with van der Waals surface area (Å²) in [6, 6.07) is 81.3. The number of halogens is 2. The van der Waals surface area contributed by atoms with E-state index in [-0.39, 0.29) is 11.6 Å². The van der Waals surface area contributed by atoms with Crippen LogP contribution in [0.2, 0.25) is 0 Å². The molecular weight excluding hydrogens is 939 g/mol. The van der Waals surface area contributed by atoms with Crippen LogP contribution in [0.3, 0.4) is 0 Å². The highest BCUT2D eigenvalue weighted by Gasteiger charge is 2.24. The van der Waals surface area contributed by atoms with Gasteiger partial charge in [-0.05, 0) is 212 Å². The van der Waals surface area contributed by atoms with Crippen LogP contribution in [0.1, 0.15) is 22.3 Å². The van der Waals surface area contributed by atoms with Crippen LogP contribution in [0.15, 0.2) is 231 Å². The summed E-state index contributed by atoms with van der Waals surface area (Å²) < 4.78 is 29.8. The molecule has 0 fully saturated rings. The van der Waals surface area contributed by atoms with E-state index in [0.29, 0.717) is 22.3 Å². The Labute approximate surface area is 437 Å². The van der Waals surface area contributed by atoms with Crippen molar-refractivity contribution in [2.45, 2.75) is 0 Å². The van der Waals surface area contributed by atoms with E-state index in [1.165, 1.54) is 24.3 Å². The van der Waals surface area contributed by atoms with Crippen LogP contribution in [-0.4, -0.2) is 0 Å². The number of nitrogens with zero attached hydrogens (tertiary/aromatic N) is 6. The van der Waals surface area contributed by atoms with E-state index in [2.05, 4.69) is 119 Å². The van der Waals surface area contributed by atoms with Crippen molar-refractivity contribution in [3.05, 3.63) is 264 Å². The molecule has 0 atom stereocenters. The van der Waals surface area contributed by atoms with E-state index in [4.69, 9.17) is 0 Å². The first-order valence-corrected chi connectivity index (χ1v) is 24.4. The third kappa shape index (κ3) is 8.51. The Hall–Kier alpha value is -10.9. The second kappa shape index (κ2) is 19.3. The third-order valence-corrected chi connectivity index (χ3v) is 14.0. The number of benzene rings is 12. The highest BCUT2D eigenvalue weighted by molar-refractivity contribution is 6.28. The second-order valence-corrected chi connectivity index (χ2v) is 18.5. The Balaban J connectivity index is 1.09. The van der Waals surface area contributed by atoms with E-state index < -0.39 is 0 Å². The van der Waals surface area contributed by atoms with Crippen LogP contribution < -0.4 is 9.80 Å². The molecule has 12 rings (SSSR count). The lowest BCUT2D eigenvalue weighted by Crippen LogP contribution is -2.12. The highest BCUT2D eigenvalue weighted by atomic mass is 19.1. The summed E-state index contributed by atoms with van der Waals surface area (Å²) in [5.74, 6) is -0.734. The fourth-order valence-electron chi connectivity index (χ4n) is 10.3. The average Bonchev–Trinajstić information content (AvgIpc) is 3.48. The van der Waals surface area contributed by atoms with Crippen molar-refractivity contribution in [3.63, 3.8) is 0 Å². The Morgan fingerprint density at radius 1 is 0.263 bits per heavy atom. The van der Waals surface area contributed by atoms with Crippen LogP contribution in [0, 0.1) is 57.0 Å². The van der Waals surface area contributed by atoms with Crippen LogP contribution in [0.5, 0.6) is 0 Å². The number of nitriles is 4. The van der Waals surface area contributed by atoms with Gasteiger partial charge in [0, 0.05) is 33.5 Å². The van der Waals surface area contributed by atoms with Gasteiger partial charge in [-0.2, -0.15) is 21.0 Å². The molecule has 0 aliphatic heterocycles. The van der Waals surface area contributed by atoms with E-state index in [1.807, 2.05) is 48.5 Å². The van der Waals surface area contributed by atoms with Gasteiger partial charge in [-0.1, -0.05) is 84.9 Å². The van der Waals surface area contributed by atoms with E-state index in [0.717, 1.165) is 111 Å². The number of rotatable bonds is 10. The minimum absolute atomic E-state index is 0.367. The summed E-state index contributed by atoms with van der Waals surface area (Å²) in [5, 5.41) is 44.6. The first-order chi connectivity index (χ1) is 37.2. The summed E-state index contributed by atoms with van der Waals surface area (Å²) >= 11 is 0. The highest BCUT2D eigenvalue weighted by Crippen LogP contribution is 2.49. The molecule has 76 heavy (non-hydrogen) atoms. The van der Waals surface area contributed by atoms with Crippen LogP contribution in [0.4, 0.5) is 42.9 Å². The Morgan fingerprint density at radius 3 is 0.816 bits per heavy atom. The van der Waals surface area contributed by atoms with Crippen molar-refractivity contribution in [1.82, 2.24) is 0 Å². The summed E-state index contributed by atoms with van der Waals surface area (Å²) in [4.78, 5) is 4.30. The van der Waals surface area contributed by atoms with Crippen LogP contribution in [-0.2, 0) is 0 Å². The maximum Gasteiger partial charge on any atom is 0.123 e. The quantitative estimate of drug-likeness (QED) is 0.127. The van der Waals surface area contributed by atoms with E-state index >= 15 is 0 Å². The molecule has 0 aromatic heterocycles. The monoisotopic (exact) mass is 976 g/mol. The molecular formula is C68H38F2N6. The largest absolute Gasteiger partial charge is 0.310 e. The number of hydrogen-bond acceptors (Lipinski definition) is 6. The molecule has 12 aromatic carbocycles. The molecule has 0 unspecified atom stereocenters. The van der Waals surface area contributed by atoms with Crippen molar-refractivity contribution in [3.8, 4) is 68.8 Å². The molecule has 0 saturated carbocycles. The Kier molecular flexibility index (Phi) is 11.7. The molecule has 12 aromatic rings. The second-order valence-electron chi connectivity index (χ2n) is 18.5. The van der Waals surface area contributed by atoms with E-state index in [1.54, 1.807) is 72.8 Å². The Morgan fingerprint density at radius 2 is 0.539 bits per heavy atom. The number of hydrogen-bond donors (Lipinski definition) is 0. The van der Waals surface area contributed by atoms with E-state index in [9.17, 15) is 29.8 Å². The predicted octanol–water partition coefficient (Wildman–Crippen LogP) is 18.0. The predicted molar refractivity (Wildman–Crippen MR) is 300 cm³/mol. The summed E-state index contributed by atoms with van der Waals surface area (Å²) in [5.41, 5.74) is 14.1. The molecule has 0 radical (unpaired) electrons. The standard InChI is InChI=1S/C68H38F2N6/c69-57-21-25-59(26-22-57)75(61-35-53(47-9-1-43(39-71)2-10-47)33-54(36-61)48-11-3-44(40-72)4-12-48)65-31-19-51-18-30-64-66(32-20-52-17-29-63(65)67(51)68(52)64)76(60-27-23-58(70)24-28-60)62-37-55(49-13-5-45(41-73)6-14-49)34-56(38-62)50-15-7-46(42-74)8-16-50/h1-38H. The van der Waals surface area contributed by atoms with Crippen molar-refractivity contribution in [2.75, 3.05) is 9.80 Å². The zero-order valence-corrected chi connectivity index (χ0v) is 40.4. The molecule has 0 aliphatic rings. The van der Waals surface area contributed by atoms with Gasteiger partial charge in [0.05, 0.1) is 57.9 Å². The summed E-state index contributed by atoms with van der Waals surface area (Å²) in [6.45, 7) is 0. The first kappa shape index (κ1) is 46.2. The van der Waals surface area contributed by atoms with Gasteiger partial charge in [0.15, 0.2) is 0 Å². The minimum Gasteiger partial charge on any atom is -0.310 e. The fraction of sp³-hybridized carbons (Fsp3) is 0. The normalized spacial score (nSPS) is 11.0. The molecule has 0 spiro atoms. The zero-order chi connectivity index (χ0) is 51.9. The van der Waals surface area contributed by atoms with Gasteiger partial charge >= 0.3 is 0 Å². The molecule has 6 nitrogen and oxygen atoms in total. The van der Waals surface area contributed by atoms with Crippen molar-refractivity contribution in [2.24, 2.45) is 0 Å². The van der Waals surface area contributed by atoms with Crippen molar-refractivity contribution in [1.29, 1.82) is 21.0 Å². The van der Waals surface area contributed by atoms with Gasteiger partial charge in [-0.3, -0.25) is 0 Å². The molecule has 8 heteroatoms. The lowest BCUT2D eigenvalue weighted by atomic mass is 9.91. The molecule has 0 aliphatic carbocycles. The molecule has 0 amide bonds. The topological polar surface area (TPSA) is 102 Å². The lowest BCUT2D eigenvalue weighted by Gasteiger charge is -2.30. The van der Waals surface area contributed by atoms with Crippen molar-refractivity contribution >= 4 is 66.4 Å². The molecule has 0 heterocycles. The van der Waals surface area contributed by atoms with Gasteiger partial charge in [0.1, 0.15) is 11.6 Å². The van der Waals surface area contributed by atoms with Crippen LogP contribution in [0.25, 0.3) is 76.8 Å². The molecule has 0 N–H and O–H groups in total. The third-order valence-electron chi connectivity index (χ3n) is 14.0. The lowest BCUT2D eigenvalue weighted by molar-refractivity contribution is 0.627. The summed E-state index contributed by atoms with van der Waals surface area (Å²) in [6.07, 6.45) is 0. The van der Waals surface area contributed by atoms with Crippen LogP contribution >= 0.6 is 0 Å². The maximum absolute atomic E-state index is 14.9. The van der Waals surface area contributed by atoms with Gasteiger partial charge in [-0.25, -0.2) is 8.78 Å². The van der Waals surface area contributed by atoms with Gasteiger partial charge in [0.25, 0.3) is 0 Å². The summed E-state index contributed by atoms with van der Waals surface area (Å²) in [7, 11) is 0. The maximum atomic E-state index is 14.9. The minimum atomic E-state index is -0.367. The molecule has 0 saturated heterocycles.